The summed E-state index contributed by atoms with van der Waals surface area (Å²) in [5, 5.41) is 7.01. The Kier molecular flexibility index (Phi) is 4.38. The zero-order chi connectivity index (χ0) is 16.1. The normalized spacial score (nSPS) is 10.3. The van der Waals surface area contributed by atoms with Gasteiger partial charge in [0.05, 0.1) is 11.8 Å². The number of amides is 1. The molecule has 0 fully saturated rings. The predicted molar refractivity (Wildman–Crippen MR) is 88.8 cm³/mol. The standard InChI is InChI=1S/C18H17N3O2/c1-2-21-17(12-13-19-21)20-18(22)15-10-6-7-11-16(15)23-14-8-4-3-5-9-14/h3-13H,2H2,1H3,(H,20,22). The first kappa shape index (κ1) is 14.8. The summed E-state index contributed by atoms with van der Waals surface area (Å²) < 4.78 is 7.54. The van der Waals surface area contributed by atoms with Crippen molar-refractivity contribution in [3.63, 3.8) is 0 Å². The quantitative estimate of drug-likeness (QED) is 0.776. The Labute approximate surface area is 134 Å². The van der Waals surface area contributed by atoms with E-state index in [9.17, 15) is 4.79 Å². The number of carbonyl (C=O) groups is 1. The van der Waals surface area contributed by atoms with Crippen LogP contribution in [0.15, 0.2) is 66.9 Å². The number of ether oxygens (including phenoxy) is 1. The van der Waals surface area contributed by atoms with E-state index in [-0.39, 0.29) is 5.91 Å². The molecule has 1 amide bonds. The molecule has 116 valence electrons. The van der Waals surface area contributed by atoms with Gasteiger partial charge in [0.2, 0.25) is 0 Å². The molecular formula is C18H17N3O2. The molecule has 0 aliphatic rings. The third-order valence-corrected chi connectivity index (χ3v) is 3.36. The number of nitrogens with one attached hydrogen (secondary N) is 1. The van der Waals surface area contributed by atoms with E-state index in [0.29, 0.717) is 29.4 Å². The maximum Gasteiger partial charge on any atom is 0.260 e. The third-order valence-electron chi connectivity index (χ3n) is 3.36. The number of benzene rings is 2. The van der Waals surface area contributed by atoms with Crippen LogP contribution < -0.4 is 10.1 Å². The SMILES string of the molecule is CCn1nccc1NC(=O)c1ccccc1Oc1ccccc1. The van der Waals surface area contributed by atoms with Crippen molar-refractivity contribution in [2.45, 2.75) is 13.5 Å². The predicted octanol–water partition coefficient (Wildman–Crippen LogP) is 3.95. The molecule has 0 atom stereocenters. The monoisotopic (exact) mass is 307 g/mol. The Morgan fingerprint density at radius 1 is 1.09 bits per heavy atom. The number of hydrogen-bond acceptors (Lipinski definition) is 3. The van der Waals surface area contributed by atoms with Gasteiger partial charge in [0.25, 0.3) is 5.91 Å². The minimum absolute atomic E-state index is 0.230. The lowest BCUT2D eigenvalue weighted by Crippen LogP contribution is -2.16. The molecule has 3 aromatic rings. The van der Waals surface area contributed by atoms with Crippen molar-refractivity contribution < 1.29 is 9.53 Å². The van der Waals surface area contributed by atoms with Crippen molar-refractivity contribution in [3.05, 3.63) is 72.4 Å². The molecule has 0 unspecified atom stereocenters. The van der Waals surface area contributed by atoms with Gasteiger partial charge >= 0.3 is 0 Å². The second kappa shape index (κ2) is 6.79. The summed E-state index contributed by atoms with van der Waals surface area (Å²) in [5.41, 5.74) is 0.472. The van der Waals surface area contributed by atoms with E-state index in [1.807, 2.05) is 49.4 Å². The number of aryl methyl sites for hydroxylation is 1. The van der Waals surface area contributed by atoms with Crippen LogP contribution in [-0.2, 0) is 6.54 Å². The van der Waals surface area contributed by atoms with Gasteiger partial charge in [0.1, 0.15) is 17.3 Å². The zero-order valence-electron chi connectivity index (χ0n) is 12.8. The van der Waals surface area contributed by atoms with Gasteiger partial charge in [-0.1, -0.05) is 30.3 Å². The number of aromatic nitrogens is 2. The highest BCUT2D eigenvalue weighted by molar-refractivity contribution is 6.05. The largest absolute Gasteiger partial charge is 0.457 e. The molecule has 0 saturated heterocycles. The minimum atomic E-state index is -0.230. The lowest BCUT2D eigenvalue weighted by Gasteiger charge is -2.12. The Hall–Kier alpha value is -3.08. The fourth-order valence-electron chi connectivity index (χ4n) is 2.23. The summed E-state index contributed by atoms with van der Waals surface area (Å²) in [6.07, 6.45) is 1.66. The van der Waals surface area contributed by atoms with E-state index in [0.717, 1.165) is 0 Å². The van der Waals surface area contributed by atoms with Gasteiger partial charge in [-0.05, 0) is 31.2 Å². The van der Waals surface area contributed by atoms with Gasteiger partial charge in [0.15, 0.2) is 0 Å². The van der Waals surface area contributed by atoms with Crippen molar-refractivity contribution in [2.75, 3.05) is 5.32 Å². The van der Waals surface area contributed by atoms with Crippen molar-refractivity contribution in [3.8, 4) is 11.5 Å². The van der Waals surface area contributed by atoms with Gasteiger partial charge in [-0.3, -0.25) is 4.79 Å². The number of para-hydroxylation sites is 2. The van der Waals surface area contributed by atoms with Crippen LogP contribution in [0.25, 0.3) is 0 Å². The lowest BCUT2D eigenvalue weighted by atomic mass is 10.2. The third kappa shape index (κ3) is 3.40. The van der Waals surface area contributed by atoms with E-state index in [1.165, 1.54) is 0 Å². The first-order chi connectivity index (χ1) is 11.3. The minimum Gasteiger partial charge on any atom is -0.457 e. The van der Waals surface area contributed by atoms with E-state index in [4.69, 9.17) is 4.74 Å². The van der Waals surface area contributed by atoms with Crippen molar-refractivity contribution >= 4 is 11.7 Å². The second-order valence-electron chi connectivity index (χ2n) is 4.90. The Balaban J connectivity index is 1.83. The lowest BCUT2D eigenvalue weighted by molar-refractivity contribution is 0.102. The summed E-state index contributed by atoms with van der Waals surface area (Å²) in [7, 11) is 0. The molecule has 1 aromatic heterocycles. The van der Waals surface area contributed by atoms with Crippen molar-refractivity contribution in [1.29, 1.82) is 0 Å². The van der Waals surface area contributed by atoms with Gasteiger partial charge < -0.3 is 10.1 Å². The summed E-state index contributed by atoms with van der Waals surface area (Å²) in [6, 6.07) is 18.3. The molecule has 1 N–H and O–H groups in total. The fraction of sp³-hybridized carbons (Fsp3) is 0.111. The average Bonchev–Trinajstić information content (AvgIpc) is 3.03. The molecule has 0 spiro atoms. The molecule has 5 nitrogen and oxygen atoms in total. The van der Waals surface area contributed by atoms with Crippen LogP contribution in [0.1, 0.15) is 17.3 Å². The molecule has 0 aliphatic heterocycles. The number of anilines is 1. The van der Waals surface area contributed by atoms with Crippen LogP contribution in [0.4, 0.5) is 5.82 Å². The van der Waals surface area contributed by atoms with Gasteiger partial charge in [-0.2, -0.15) is 5.10 Å². The average molecular weight is 307 g/mol. The highest BCUT2D eigenvalue weighted by atomic mass is 16.5. The number of carbonyl (C=O) groups excluding carboxylic acids is 1. The maximum absolute atomic E-state index is 12.6. The highest BCUT2D eigenvalue weighted by Gasteiger charge is 2.14. The van der Waals surface area contributed by atoms with Crippen LogP contribution in [0.3, 0.4) is 0 Å². The number of rotatable bonds is 5. The van der Waals surface area contributed by atoms with Crippen LogP contribution >= 0.6 is 0 Å². The molecule has 1 heterocycles. The van der Waals surface area contributed by atoms with Crippen LogP contribution in [0.5, 0.6) is 11.5 Å². The summed E-state index contributed by atoms with van der Waals surface area (Å²) in [5.74, 6) is 1.63. The van der Waals surface area contributed by atoms with Gasteiger partial charge in [-0.15, -0.1) is 0 Å². The van der Waals surface area contributed by atoms with Gasteiger partial charge in [-0.25, -0.2) is 4.68 Å². The van der Waals surface area contributed by atoms with Crippen molar-refractivity contribution in [2.24, 2.45) is 0 Å². The topological polar surface area (TPSA) is 56.2 Å². The molecule has 23 heavy (non-hydrogen) atoms. The zero-order valence-corrected chi connectivity index (χ0v) is 12.8. The Bertz CT molecular complexity index is 797. The first-order valence-corrected chi connectivity index (χ1v) is 7.43. The molecule has 0 bridgehead atoms. The molecule has 2 aromatic carbocycles. The number of nitrogens with zero attached hydrogens (tertiary/aromatic N) is 2. The summed E-state index contributed by atoms with van der Waals surface area (Å²) >= 11 is 0. The fourth-order valence-corrected chi connectivity index (χ4v) is 2.23. The summed E-state index contributed by atoms with van der Waals surface area (Å²) in [6.45, 7) is 2.65. The molecule has 5 heteroatoms. The summed E-state index contributed by atoms with van der Waals surface area (Å²) in [4.78, 5) is 12.6. The van der Waals surface area contributed by atoms with Gasteiger partial charge in [0, 0.05) is 12.6 Å². The van der Waals surface area contributed by atoms with E-state index in [1.54, 1.807) is 29.1 Å². The van der Waals surface area contributed by atoms with Crippen LogP contribution in [0, 0.1) is 0 Å². The smallest absolute Gasteiger partial charge is 0.260 e. The maximum atomic E-state index is 12.6. The molecule has 0 saturated carbocycles. The molecule has 0 radical (unpaired) electrons. The Morgan fingerprint density at radius 3 is 2.61 bits per heavy atom. The second-order valence-corrected chi connectivity index (χ2v) is 4.90. The Morgan fingerprint density at radius 2 is 1.83 bits per heavy atom. The van der Waals surface area contributed by atoms with E-state index >= 15 is 0 Å². The van der Waals surface area contributed by atoms with Crippen LogP contribution in [-0.4, -0.2) is 15.7 Å². The number of hydrogen-bond donors (Lipinski definition) is 1. The van der Waals surface area contributed by atoms with E-state index in [2.05, 4.69) is 10.4 Å². The van der Waals surface area contributed by atoms with Crippen molar-refractivity contribution in [1.82, 2.24) is 9.78 Å². The van der Waals surface area contributed by atoms with E-state index < -0.39 is 0 Å². The highest BCUT2D eigenvalue weighted by Crippen LogP contribution is 2.25. The molecule has 0 aliphatic carbocycles. The molecular weight excluding hydrogens is 290 g/mol. The molecule has 3 rings (SSSR count). The van der Waals surface area contributed by atoms with Crippen LogP contribution in [0.2, 0.25) is 0 Å². The first-order valence-electron chi connectivity index (χ1n) is 7.43.